The second kappa shape index (κ2) is 9.37. The smallest absolute Gasteiger partial charge is 0.245 e. The maximum Gasteiger partial charge on any atom is 0.245 e. The number of carbonyl (C=O) groups excluding carboxylic acids is 2. The van der Waals surface area contributed by atoms with Crippen molar-refractivity contribution in [2.75, 3.05) is 25.1 Å². The summed E-state index contributed by atoms with van der Waals surface area (Å²) in [5.74, 6) is 1.38. The van der Waals surface area contributed by atoms with E-state index in [4.69, 9.17) is 9.47 Å². The summed E-state index contributed by atoms with van der Waals surface area (Å²) >= 11 is 0. The normalized spacial score (nSPS) is 29.5. The summed E-state index contributed by atoms with van der Waals surface area (Å²) in [5.41, 5.74) is 1.93. The van der Waals surface area contributed by atoms with Gasteiger partial charge in [-0.15, -0.1) is 0 Å². The maximum absolute atomic E-state index is 13.3. The lowest BCUT2D eigenvalue weighted by atomic mass is 9.70. The van der Waals surface area contributed by atoms with Crippen molar-refractivity contribution in [2.45, 2.75) is 70.8 Å². The predicted octanol–water partition coefficient (Wildman–Crippen LogP) is 2.73. The lowest BCUT2D eigenvalue weighted by Crippen LogP contribution is -2.58. The van der Waals surface area contributed by atoms with E-state index in [1.165, 1.54) is 12.5 Å². The molecule has 0 saturated carbocycles. The van der Waals surface area contributed by atoms with Crippen molar-refractivity contribution in [1.29, 1.82) is 0 Å². The van der Waals surface area contributed by atoms with Crippen LogP contribution in [0.2, 0.25) is 0 Å². The molecule has 0 bridgehead atoms. The fourth-order valence-corrected chi connectivity index (χ4v) is 6.19. The molecule has 4 rings (SSSR count). The average molecular weight is 477 g/mol. The zero-order valence-corrected chi connectivity index (χ0v) is 21.1. The van der Waals surface area contributed by atoms with Gasteiger partial charge in [0.2, 0.25) is 11.8 Å². The van der Waals surface area contributed by atoms with E-state index < -0.39 is 16.8 Å². The number of hydrogen-bond donors (Lipinski definition) is 1. The minimum absolute atomic E-state index is 0.000451. The SMILES string of the molecule is CC(=O)N[C@@H](CCS(C)=O)C(=O)N1CC[C@@H]2O[C@@H]3c4ccc(C)cc4OC(C)(C)[C@H]3C[C@@H]2C1. The first-order valence-electron chi connectivity index (χ1n) is 11.9. The molecule has 0 aliphatic carbocycles. The van der Waals surface area contributed by atoms with Crippen LogP contribution in [0.15, 0.2) is 18.2 Å². The molecule has 1 unspecified atom stereocenters. The Kier molecular flexibility index (Phi) is 6.87. The highest BCUT2D eigenvalue weighted by Gasteiger charge is 2.51. The Labute approximate surface area is 199 Å². The van der Waals surface area contributed by atoms with Crippen LogP contribution in [0, 0.1) is 18.8 Å². The molecule has 1 N–H and O–H groups in total. The summed E-state index contributed by atoms with van der Waals surface area (Å²) in [6.45, 7) is 8.94. The fraction of sp³-hybridized carbons (Fsp3) is 0.680. The van der Waals surface area contributed by atoms with Crippen LogP contribution in [0.4, 0.5) is 0 Å². The van der Waals surface area contributed by atoms with Crippen molar-refractivity contribution in [2.24, 2.45) is 11.8 Å². The van der Waals surface area contributed by atoms with Crippen LogP contribution in [0.1, 0.15) is 57.3 Å². The number of likely N-dealkylation sites (tertiary alicyclic amines) is 1. The van der Waals surface area contributed by atoms with Gasteiger partial charge in [-0.1, -0.05) is 12.1 Å². The molecule has 3 heterocycles. The molecule has 6 atom stereocenters. The fourth-order valence-electron chi connectivity index (χ4n) is 5.62. The second-order valence-electron chi connectivity index (χ2n) is 10.3. The van der Waals surface area contributed by atoms with Crippen LogP contribution >= 0.6 is 0 Å². The Bertz CT molecular complexity index is 949. The number of nitrogens with zero attached hydrogens (tertiary/aromatic N) is 1. The van der Waals surface area contributed by atoms with E-state index in [9.17, 15) is 13.8 Å². The molecule has 3 aliphatic heterocycles. The van der Waals surface area contributed by atoms with Crippen molar-refractivity contribution in [1.82, 2.24) is 10.2 Å². The Morgan fingerprint density at radius 1 is 1.33 bits per heavy atom. The van der Waals surface area contributed by atoms with Crippen LogP contribution < -0.4 is 10.1 Å². The lowest BCUT2D eigenvalue weighted by Gasteiger charge is -2.53. The summed E-state index contributed by atoms with van der Waals surface area (Å²) in [6.07, 6.45) is 3.78. The van der Waals surface area contributed by atoms with Crippen LogP contribution in [0.5, 0.6) is 5.75 Å². The molecule has 0 radical (unpaired) electrons. The number of ether oxygens (including phenoxy) is 2. The number of benzene rings is 1. The zero-order chi connectivity index (χ0) is 23.9. The van der Waals surface area contributed by atoms with Crippen LogP contribution in [0.25, 0.3) is 0 Å². The van der Waals surface area contributed by atoms with E-state index in [0.717, 1.165) is 24.2 Å². The average Bonchev–Trinajstić information content (AvgIpc) is 2.74. The van der Waals surface area contributed by atoms with Crippen molar-refractivity contribution in [3.05, 3.63) is 29.3 Å². The molecule has 1 aromatic rings. The minimum Gasteiger partial charge on any atom is -0.487 e. The van der Waals surface area contributed by atoms with E-state index >= 15 is 0 Å². The number of nitrogens with one attached hydrogen (secondary N) is 1. The second-order valence-corrected chi connectivity index (χ2v) is 11.9. The molecule has 1 aromatic carbocycles. The molecular formula is C25H36N2O5S. The first-order chi connectivity index (χ1) is 15.5. The Morgan fingerprint density at radius 3 is 2.79 bits per heavy atom. The standard InChI is InChI=1S/C25H36N2O5S/c1-15-6-7-18-22(12-15)32-25(3,4)19-13-17-14-27(10-8-21(17)31-23(18)19)24(29)20(26-16(2)28)9-11-33(5)30/h6-7,12,17,19-21,23H,8-11,13-14H2,1-5H3,(H,26,28)/t17-,19+,20+,21+,23-,33?/m1/s1. The third kappa shape index (κ3) is 5.11. The van der Waals surface area contributed by atoms with Crippen LogP contribution in [-0.4, -0.2) is 63.8 Å². The molecule has 7 nitrogen and oxygen atoms in total. The molecule has 0 spiro atoms. The predicted molar refractivity (Wildman–Crippen MR) is 127 cm³/mol. The minimum atomic E-state index is -1.02. The molecule has 0 aromatic heterocycles. The lowest BCUT2D eigenvalue weighted by molar-refractivity contribution is -0.189. The zero-order valence-electron chi connectivity index (χ0n) is 20.3. The third-order valence-electron chi connectivity index (χ3n) is 7.33. The van der Waals surface area contributed by atoms with Gasteiger partial charge in [-0.2, -0.15) is 0 Å². The van der Waals surface area contributed by atoms with Gasteiger partial charge in [0.25, 0.3) is 0 Å². The molecule has 2 amide bonds. The molecular weight excluding hydrogens is 440 g/mol. The summed E-state index contributed by atoms with van der Waals surface area (Å²) in [7, 11) is -1.02. The maximum atomic E-state index is 13.3. The molecule has 33 heavy (non-hydrogen) atoms. The first-order valence-corrected chi connectivity index (χ1v) is 13.6. The molecule has 3 aliphatic rings. The van der Waals surface area contributed by atoms with Crippen molar-refractivity contribution in [3.8, 4) is 5.75 Å². The van der Waals surface area contributed by atoms with Gasteiger partial charge in [-0.05, 0) is 51.7 Å². The van der Waals surface area contributed by atoms with E-state index in [1.54, 1.807) is 6.26 Å². The van der Waals surface area contributed by atoms with Crippen molar-refractivity contribution >= 4 is 22.6 Å². The summed E-state index contributed by atoms with van der Waals surface area (Å²) < 4.78 is 24.7. The summed E-state index contributed by atoms with van der Waals surface area (Å²) in [5, 5.41) is 2.76. The monoisotopic (exact) mass is 476 g/mol. The van der Waals surface area contributed by atoms with Crippen LogP contribution in [0.3, 0.4) is 0 Å². The number of hydrogen-bond acceptors (Lipinski definition) is 5. The van der Waals surface area contributed by atoms with Crippen molar-refractivity contribution < 1.29 is 23.3 Å². The van der Waals surface area contributed by atoms with Gasteiger partial charge in [-0.25, -0.2) is 0 Å². The Morgan fingerprint density at radius 2 is 2.09 bits per heavy atom. The molecule has 2 saturated heterocycles. The number of carbonyl (C=O) groups is 2. The molecule has 8 heteroatoms. The van der Waals surface area contributed by atoms with E-state index in [0.29, 0.717) is 25.3 Å². The Balaban J connectivity index is 1.49. The number of fused-ring (bicyclic) bond motifs is 4. The van der Waals surface area contributed by atoms with Gasteiger partial charge in [0.05, 0.1) is 12.2 Å². The quantitative estimate of drug-likeness (QED) is 0.706. The number of amides is 2. The van der Waals surface area contributed by atoms with Gasteiger partial charge in [0, 0.05) is 60.2 Å². The third-order valence-corrected chi connectivity index (χ3v) is 8.14. The highest BCUT2D eigenvalue weighted by molar-refractivity contribution is 7.84. The van der Waals surface area contributed by atoms with Crippen LogP contribution in [-0.2, 0) is 25.1 Å². The topological polar surface area (TPSA) is 84.9 Å². The number of aryl methyl sites for hydroxylation is 1. The van der Waals surface area contributed by atoms with Gasteiger partial charge < -0.3 is 19.7 Å². The van der Waals surface area contributed by atoms with Gasteiger partial charge >= 0.3 is 0 Å². The van der Waals surface area contributed by atoms with Gasteiger partial charge in [0.15, 0.2) is 0 Å². The highest BCUT2D eigenvalue weighted by Crippen LogP contribution is 2.53. The molecule has 2 fully saturated rings. The molecule has 182 valence electrons. The van der Waals surface area contributed by atoms with E-state index in [2.05, 4.69) is 44.3 Å². The van der Waals surface area contributed by atoms with E-state index in [1.807, 2.05) is 4.90 Å². The largest absolute Gasteiger partial charge is 0.487 e. The van der Waals surface area contributed by atoms with E-state index in [-0.39, 0.29) is 41.5 Å². The number of rotatable bonds is 5. The number of piperidine rings is 1. The summed E-state index contributed by atoms with van der Waals surface area (Å²) in [4.78, 5) is 26.8. The Hall–Kier alpha value is -1.93. The summed E-state index contributed by atoms with van der Waals surface area (Å²) in [6, 6.07) is 5.70. The first kappa shape index (κ1) is 24.2. The van der Waals surface area contributed by atoms with Gasteiger partial charge in [0.1, 0.15) is 17.4 Å². The highest BCUT2D eigenvalue weighted by atomic mass is 32.2. The van der Waals surface area contributed by atoms with Gasteiger partial charge in [-0.3, -0.25) is 13.8 Å². The van der Waals surface area contributed by atoms with Crippen molar-refractivity contribution in [3.63, 3.8) is 0 Å².